The fraction of sp³-hybridized carbons (Fsp3) is 0.833. The predicted molar refractivity (Wildman–Crippen MR) is 137 cm³/mol. The summed E-state index contributed by atoms with van der Waals surface area (Å²) < 4.78 is 13.2. The molecule has 6 heteroatoms. The van der Waals surface area contributed by atoms with E-state index < -0.39 is 40.0 Å². The quantitative estimate of drug-likeness (QED) is 0.525. The maximum atomic E-state index is 13.4. The van der Waals surface area contributed by atoms with E-state index in [1.165, 1.54) is 0 Å². The van der Waals surface area contributed by atoms with Crippen molar-refractivity contribution in [1.29, 1.82) is 0 Å². The molecular weight excluding hydrogens is 456 g/mol. The zero-order valence-electron chi connectivity index (χ0n) is 23.1. The molecule has 9 atom stereocenters. The first-order chi connectivity index (χ1) is 16.6. The van der Waals surface area contributed by atoms with Crippen LogP contribution in [0.4, 0.5) is 0 Å². The van der Waals surface area contributed by atoms with Gasteiger partial charge in [0.25, 0.3) is 0 Å². The van der Waals surface area contributed by atoms with Crippen LogP contribution in [0.3, 0.4) is 0 Å². The van der Waals surface area contributed by atoms with Gasteiger partial charge in [-0.1, -0.05) is 33.8 Å². The summed E-state index contributed by atoms with van der Waals surface area (Å²) in [6.07, 6.45) is 6.61. The van der Waals surface area contributed by atoms with Gasteiger partial charge in [-0.25, -0.2) is 0 Å². The number of hydrogen-bond acceptors (Lipinski definition) is 6. The normalized spacial score (nSPS) is 49.9. The summed E-state index contributed by atoms with van der Waals surface area (Å²) in [5.74, 6) is -0.495. The van der Waals surface area contributed by atoms with E-state index in [1.807, 2.05) is 20.8 Å². The molecule has 0 aromatic rings. The van der Waals surface area contributed by atoms with Gasteiger partial charge in [-0.3, -0.25) is 4.79 Å². The molecule has 0 spiro atoms. The molecule has 5 aliphatic rings. The fourth-order valence-electron chi connectivity index (χ4n) is 8.85. The van der Waals surface area contributed by atoms with Crippen LogP contribution in [0.5, 0.6) is 0 Å². The molecule has 0 bridgehead atoms. The Kier molecular flexibility index (Phi) is 6.07. The molecule has 3 fully saturated rings. The van der Waals surface area contributed by atoms with Crippen LogP contribution in [0, 0.1) is 28.6 Å². The second kappa shape index (κ2) is 8.22. The average Bonchev–Trinajstić information content (AvgIpc) is 3.18. The molecule has 0 radical (unpaired) electrons. The zero-order valence-corrected chi connectivity index (χ0v) is 23.1. The first-order valence-corrected chi connectivity index (χ1v) is 14.0. The maximum Gasteiger partial charge on any atom is 0.164 e. The summed E-state index contributed by atoms with van der Waals surface area (Å²) in [6.45, 7) is 14.8. The van der Waals surface area contributed by atoms with E-state index in [1.54, 1.807) is 6.08 Å². The van der Waals surface area contributed by atoms with E-state index in [2.05, 4.69) is 33.8 Å². The van der Waals surface area contributed by atoms with Crippen LogP contribution in [-0.4, -0.2) is 56.4 Å². The van der Waals surface area contributed by atoms with Crippen molar-refractivity contribution in [2.75, 3.05) is 0 Å². The topological polar surface area (TPSA) is 96.2 Å². The molecule has 0 aromatic heterocycles. The molecule has 36 heavy (non-hydrogen) atoms. The molecule has 0 amide bonds. The number of ketones is 1. The van der Waals surface area contributed by atoms with E-state index in [9.17, 15) is 20.1 Å². The monoisotopic (exact) mass is 502 g/mol. The molecular formula is C30H46O6. The third kappa shape index (κ3) is 3.58. The van der Waals surface area contributed by atoms with Gasteiger partial charge in [0.2, 0.25) is 0 Å². The lowest BCUT2D eigenvalue weighted by molar-refractivity contribution is -0.184. The smallest absolute Gasteiger partial charge is 0.164 e. The van der Waals surface area contributed by atoms with E-state index in [-0.39, 0.29) is 30.1 Å². The number of carbonyl (C=O) groups excluding carboxylic acids is 1. The molecule has 1 saturated heterocycles. The second-order valence-corrected chi connectivity index (χ2v) is 14.0. The number of aliphatic hydroxyl groups is 3. The number of ether oxygens (including phenoxy) is 2. The minimum Gasteiger partial charge on any atom is -0.390 e. The molecule has 1 aliphatic heterocycles. The van der Waals surface area contributed by atoms with Crippen molar-refractivity contribution in [3.8, 4) is 0 Å². The first-order valence-electron chi connectivity index (χ1n) is 14.0. The number of allylic oxidation sites excluding steroid dienone is 2. The van der Waals surface area contributed by atoms with E-state index >= 15 is 0 Å². The molecule has 0 unspecified atom stereocenters. The Labute approximate surface area is 216 Å². The SMILES string of the molecule is CC(C)CC[C@H]1OC(C)(C)O[C@]1(C)[C@H]1CC[C@@]2(O)C3=CC(=O)[C@@H]4C[C@@H](O)[C@@H](O)C[C@]4(C)C3=CC[C@]12C. The number of carbonyl (C=O) groups is 1. The Morgan fingerprint density at radius 3 is 2.44 bits per heavy atom. The van der Waals surface area contributed by atoms with Gasteiger partial charge in [-0.15, -0.1) is 0 Å². The lowest BCUT2D eigenvalue weighted by Crippen LogP contribution is -2.59. The van der Waals surface area contributed by atoms with Gasteiger partial charge in [-0.2, -0.15) is 0 Å². The molecule has 202 valence electrons. The maximum absolute atomic E-state index is 13.4. The summed E-state index contributed by atoms with van der Waals surface area (Å²) in [5.41, 5.74) is -1.11. The van der Waals surface area contributed by atoms with Gasteiger partial charge < -0.3 is 24.8 Å². The number of hydrogen-bond donors (Lipinski definition) is 3. The minimum absolute atomic E-state index is 0.0423. The number of rotatable bonds is 4. The lowest BCUT2D eigenvalue weighted by atomic mass is 9.49. The summed E-state index contributed by atoms with van der Waals surface area (Å²) in [6, 6.07) is 0. The summed E-state index contributed by atoms with van der Waals surface area (Å²) >= 11 is 0. The van der Waals surface area contributed by atoms with E-state index in [0.717, 1.165) is 30.4 Å². The van der Waals surface area contributed by atoms with E-state index in [4.69, 9.17) is 9.47 Å². The van der Waals surface area contributed by atoms with Crippen molar-refractivity contribution < 1.29 is 29.6 Å². The van der Waals surface area contributed by atoms with Gasteiger partial charge in [0.05, 0.1) is 29.5 Å². The fourth-order valence-corrected chi connectivity index (χ4v) is 8.85. The van der Waals surface area contributed by atoms with Crippen molar-refractivity contribution in [3.05, 3.63) is 23.3 Å². The van der Waals surface area contributed by atoms with Crippen LogP contribution in [0.15, 0.2) is 23.3 Å². The highest BCUT2D eigenvalue weighted by molar-refractivity contribution is 5.97. The van der Waals surface area contributed by atoms with Crippen molar-refractivity contribution in [1.82, 2.24) is 0 Å². The van der Waals surface area contributed by atoms with Crippen molar-refractivity contribution in [3.63, 3.8) is 0 Å². The third-order valence-electron chi connectivity index (χ3n) is 10.8. The highest BCUT2D eigenvalue weighted by Gasteiger charge is 2.69. The van der Waals surface area contributed by atoms with Crippen molar-refractivity contribution in [2.45, 2.75) is 129 Å². The molecule has 3 N–H and O–H groups in total. The Morgan fingerprint density at radius 2 is 1.78 bits per heavy atom. The Bertz CT molecular complexity index is 997. The summed E-state index contributed by atoms with van der Waals surface area (Å²) in [7, 11) is 0. The average molecular weight is 503 g/mol. The Balaban J connectivity index is 1.54. The molecule has 5 rings (SSSR count). The van der Waals surface area contributed by atoms with Gasteiger partial charge in [0.15, 0.2) is 11.6 Å². The zero-order chi connectivity index (χ0) is 26.5. The van der Waals surface area contributed by atoms with Crippen LogP contribution in [-0.2, 0) is 14.3 Å². The van der Waals surface area contributed by atoms with Crippen molar-refractivity contribution in [2.24, 2.45) is 28.6 Å². The highest BCUT2D eigenvalue weighted by atomic mass is 16.8. The van der Waals surface area contributed by atoms with Gasteiger partial charge >= 0.3 is 0 Å². The largest absolute Gasteiger partial charge is 0.390 e. The van der Waals surface area contributed by atoms with Gasteiger partial charge in [-0.05, 0) is 94.8 Å². The predicted octanol–water partition coefficient (Wildman–Crippen LogP) is 4.46. The van der Waals surface area contributed by atoms with Crippen LogP contribution >= 0.6 is 0 Å². The molecule has 2 saturated carbocycles. The van der Waals surface area contributed by atoms with Crippen LogP contribution in [0.1, 0.15) is 93.4 Å². The third-order valence-corrected chi connectivity index (χ3v) is 10.8. The highest BCUT2D eigenvalue weighted by Crippen LogP contribution is 2.68. The second-order valence-electron chi connectivity index (χ2n) is 14.0. The van der Waals surface area contributed by atoms with Crippen LogP contribution in [0.25, 0.3) is 0 Å². The standard InChI is InChI=1S/C30H46O6/c1-17(2)8-9-25-29(7,36-26(3,4)35-25)24-11-13-30(34)19-14-21(31)20-15-22(32)23(33)16-27(20,5)18(19)10-12-28(24,30)6/h10,14,17,20,22-25,32-34H,8-9,11-13,15-16H2,1-7H3/t20-,22+,23-,24-,25+,27+,28+,29+,30+/m0/s1. The lowest BCUT2D eigenvalue weighted by Gasteiger charge is -2.57. The Morgan fingerprint density at radius 1 is 1.08 bits per heavy atom. The van der Waals surface area contributed by atoms with Crippen molar-refractivity contribution >= 4 is 5.78 Å². The number of aliphatic hydroxyl groups excluding tert-OH is 2. The summed E-state index contributed by atoms with van der Waals surface area (Å²) in [4.78, 5) is 13.4. The molecule has 1 heterocycles. The van der Waals surface area contributed by atoms with E-state index in [0.29, 0.717) is 25.2 Å². The Hall–Kier alpha value is -1.05. The van der Waals surface area contributed by atoms with Gasteiger partial charge in [0, 0.05) is 16.7 Å². The number of fused-ring (bicyclic) bond motifs is 5. The molecule has 4 aliphatic carbocycles. The summed E-state index contributed by atoms with van der Waals surface area (Å²) in [5, 5.41) is 33.4. The molecule has 6 nitrogen and oxygen atoms in total. The van der Waals surface area contributed by atoms with Crippen LogP contribution < -0.4 is 0 Å². The minimum atomic E-state index is -1.16. The first kappa shape index (κ1) is 26.6. The molecule has 0 aromatic carbocycles. The van der Waals surface area contributed by atoms with Crippen LogP contribution in [0.2, 0.25) is 0 Å². The van der Waals surface area contributed by atoms with Gasteiger partial charge in [0.1, 0.15) is 0 Å².